The summed E-state index contributed by atoms with van der Waals surface area (Å²) >= 11 is 3.32. The fourth-order valence-electron chi connectivity index (χ4n) is 2.07. The van der Waals surface area contributed by atoms with Crippen molar-refractivity contribution in [2.75, 3.05) is 12.3 Å². The highest BCUT2D eigenvalue weighted by Crippen LogP contribution is 2.21. The van der Waals surface area contributed by atoms with Gasteiger partial charge in [-0.25, -0.2) is 0 Å². The molecular weight excluding hydrogens is 292 g/mol. The number of hydrogen-bond donors (Lipinski definition) is 2. The Balaban J connectivity index is 1.85. The van der Waals surface area contributed by atoms with Gasteiger partial charge in [-0.3, -0.25) is 4.79 Å². The molecule has 0 unspecified atom stereocenters. The number of amides is 1. The van der Waals surface area contributed by atoms with E-state index in [9.17, 15) is 4.79 Å². The number of carbonyl (C=O) groups is 1. The maximum Gasteiger partial charge on any atom is 0.251 e. The third kappa shape index (κ3) is 3.35. The van der Waals surface area contributed by atoms with E-state index >= 15 is 0 Å². The van der Waals surface area contributed by atoms with Gasteiger partial charge in [-0.2, -0.15) is 0 Å². The van der Waals surface area contributed by atoms with Gasteiger partial charge in [0.2, 0.25) is 0 Å². The summed E-state index contributed by atoms with van der Waals surface area (Å²) in [4.78, 5) is 11.9. The van der Waals surface area contributed by atoms with Crippen LogP contribution < -0.4 is 11.1 Å². The van der Waals surface area contributed by atoms with Crippen molar-refractivity contribution < 1.29 is 4.79 Å². The second-order valence-electron chi connectivity index (χ2n) is 4.50. The molecule has 1 aromatic rings. The Morgan fingerprint density at radius 1 is 1.44 bits per heavy atom. The molecule has 1 aromatic carbocycles. The van der Waals surface area contributed by atoms with Gasteiger partial charge in [0.1, 0.15) is 0 Å². The number of rotatable bonds is 4. The SMILES string of the molecule is Nc1ccc(C(=O)NCCC2=CCCC2)cc1Br. The van der Waals surface area contributed by atoms with Crippen LogP contribution in [0.25, 0.3) is 0 Å². The number of nitrogens with two attached hydrogens (primary N) is 1. The Labute approximate surface area is 116 Å². The number of allylic oxidation sites excluding steroid dienone is 1. The predicted molar refractivity (Wildman–Crippen MR) is 77.4 cm³/mol. The highest BCUT2D eigenvalue weighted by Gasteiger charge is 2.08. The number of carbonyl (C=O) groups excluding carboxylic acids is 1. The Hall–Kier alpha value is -1.29. The van der Waals surface area contributed by atoms with Crippen molar-refractivity contribution in [3.63, 3.8) is 0 Å². The summed E-state index contributed by atoms with van der Waals surface area (Å²) < 4.78 is 0.758. The highest BCUT2D eigenvalue weighted by atomic mass is 79.9. The predicted octanol–water partition coefficient (Wildman–Crippen LogP) is 3.26. The fourth-order valence-corrected chi connectivity index (χ4v) is 2.45. The third-order valence-corrected chi connectivity index (χ3v) is 3.82. The first-order valence-corrected chi connectivity index (χ1v) is 6.97. The number of hydrogen-bond acceptors (Lipinski definition) is 2. The molecule has 0 spiro atoms. The van der Waals surface area contributed by atoms with E-state index in [4.69, 9.17) is 5.73 Å². The van der Waals surface area contributed by atoms with Crippen molar-refractivity contribution in [3.8, 4) is 0 Å². The molecule has 0 radical (unpaired) electrons. The number of halogens is 1. The monoisotopic (exact) mass is 308 g/mol. The van der Waals surface area contributed by atoms with E-state index in [1.165, 1.54) is 24.8 Å². The molecule has 0 saturated carbocycles. The van der Waals surface area contributed by atoms with Gasteiger partial charge < -0.3 is 11.1 Å². The van der Waals surface area contributed by atoms with Crippen molar-refractivity contribution in [3.05, 3.63) is 39.9 Å². The molecule has 1 aliphatic rings. The van der Waals surface area contributed by atoms with Gasteiger partial charge in [-0.15, -0.1) is 0 Å². The van der Waals surface area contributed by atoms with Gasteiger partial charge in [0.25, 0.3) is 5.91 Å². The quantitative estimate of drug-likeness (QED) is 0.662. The van der Waals surface area contributed by atoms with Gasteiger partial charge >= 0.3 is 0 Å². The van der Waals surface area contributed by atoms with E-state index in [1.807, 2.05) is 0 Å². The Morgan fingerprint density at radius 2 is 2.28 bits per heavy atom. The Kier molecular flexibility index (Phi) is 4.42. The molecule has 2 rings (SSSR count). The van der Waals surface area contributed by atoms with Crippen LogP contribution in [0.3, 0.4) is 0 Å². The van der Waals surface area contributed by atoms with Crippen LogP contribution in [0.1, 0.15) is 36.0 Å². The smallest absolute Gasteiger partial charge is 0.251 e. The van der Waals surface area contributed by atoms with Crippen molar-refractivity contribution in [2.45, 2.75) is 25.7 Å². The van der Waals surface area contributed by atoms with Crippen LogP contribution in [-0.4, -0.2) is 12.5 Å². The molecule has 3 N–H and O–H groups in total. The molecular formula is C14H17BrN2O. The van der Waals surface area contributed by atoms with Gasteiger partial charge in [0, 0.05) is 22.3 Å². The average molecular weight is 309 g/mol. The van der Waals surface area contributed by atoms with Crippen LogP contribution in [0.5, 0.6) is 0 Å². The summed E-state index contributed by atoms with van der Waals surface area (Å²) in [6.45, 7) is 0.701. The number of benzene rings is 1. The summed E-state index contributed by atoms with van der Waals surface area (Å²) in [7, 11) is 0. The molecule has 0 aromatic heterocycles. The van der Waals surface area contributed by atoms with Crippen LogP contribution >= 0.6 is 15.9 Å². The second kappa shape index (κ2) is 6.05. The zero-order chi connectivity index (χ0) is 13.0. The molecule has 0 atom stereocenters. The lowest BCUT2D eigenvalue weighted by Gasteiger charge is -2.07. The molecule has 0 saturated heterocycles. The van der Waals surface area contributed by atoms with Gasteiger partial charge in [-0.05, 0) is 59.8 Å². The minimum atomic E-state index is -0.0469. The summed E-state index contributed by atoms with van der Waals surface area (Å²) in [5, 5.41) is 2.93. The molecule has 0 fully saturated rings. The first kappa shape index (κ1) is 13.1. The van der Waals surface area contributed by atoms with E-state index in [0.717, 1.165) is 10.9 Å². The minimum Gasteiger partial charge on any atom is -0.398 e. The molecule has 96 valence electrons. The second-order valence-corrected chi connectivity index (χ2v) is 5.35. The lowest BCUT2D eigenvalue weighted by Crippen LogP contribution is -2.24. The summed E-state index contributed by atoms with van der Waals surface area (Å²) in [6.07, 6.45) is 6.87. The van der Waals surface area contributed by atoms with Crippen molar-refractivity contribution in [1.29, 1.82) is 0 Å². The number of anilines is 1. The molecule has 1 aliphatic carbocycles. The van der Waals surface area contributed by atoms with Crippen molar-refractivity contribution >= 4 is 27.5 Å². The van der Waals surface area contributed by atoms with E-state index in [-0.39, 0.29) is 5.91 Å². The van der Waals surface area contributed by atoms with Crippen LogP contribution in [0, 0.1) is 0 Å². The van der Waals surface area contributed by atoms with E-state index in [1.54, 1.807) is 18.2 Å². The first-order chi connectivity index (χ1) is 8.66. The summed E-state index contributed by atoms with van der Waals surface area (Å²) in [6, 6.07) is 5.22. The van der Waals surface area contributed by atoms with Gasteiger partial charge in [0.15, 0.2) is 0 Å². The standard InChI is InChI=1S/C14H17BrN2O/c15-12-9-11(5-6-13(12)16)14(18)17-8-7-10-3-1-2-4-10/h3,5-6,9H,1-2,4,7-8,16H2,(H,17,18). The maximum absolute atomic E-state index is 11.9. The van der Waals surface area contributed by atoms with Crippen LogP contribution in [0.2, 0.25) is 0 Å². The molecule has 1 amide bonds. The zero-order valence-electron chi connectivity index (χ0n) is 10.2. The van der Waals surface area contributed by atoms with Crippen LogP contribution in [0.15, 0.2) is 34.3 Å². The van der Waals surface area contributed by atoms with E-state index in [2.05, 4.69) is 27.3 Å². The molecule has 0 aliphatic heterocycles. The summed E-state index contributed by atoms with van der Waals surface area (Å²) in [5.41, 5.74) is 8.43. The van der Waals surface area contributed by atoms with E-state index < -0.39 is 0 Å². The molecule has 4 heteroatoms. The fraction of sp³-hybridized carbons (Fsp3) is 0.357. The number of nitrogen functional groups attached to an aromatic ring is 1. The summed E-state index contributed by atoms with van der Waals surface area (Å²) in [5.74, 6) is -0.0469. The Morgan fingerprint density at radius 3 is 2.94 bits per heavy atom. The van der Waals surface area contributed by atoms with Crippen LogP contribution in [0.4, 0.5) is 5.69 Å². The minimum absolute atomic E-state index is 0.0469. The molecule has 18 heavy (non-hydrogen) atoms. The normalized spacial score (nSPS) is 14.4. The maximum atomic E-state index is 11.9. The van der Waals surface area contributed by atoms with E-state index in [0.29, 0.717) is 17.8 Å². The van der Waals surface area contributed by atoms with Crippen molar-refractivity contribution in [2.24, 2.45) is 0 Å². The topological polar surface area (TPSA) is 55.1 Å². The molecule has 0 bridgehead atoms. The van der Waals surface area contributed by atoms with Gasteiger partial charge in [-0.1, -0.05) is 11.6 Å². The lowest BCUT2D eigenvalue weighted by molar-refractivity contribution is 0.0954. The lowest BCUT2D eigenvalue weighted by atomic mass is 10.1. The molecule has 0 heterocycles. The average Bonchev–Trinajstić information content (AvgIpc) is 2.85. The third-order valence-electron chi connectivity index (χ3n) is 3.13. The molecule has 3 nitrogen and oxygen atoms in total. The largest absolute Gasteiger partial charge is 0.398 e. The zero-order valence-corrected chi connectivity index (χ0v) is 11.8. The highest BCUT2D eigenvalue weighted by molar-refractivity contribution is 9.10. The first-order valence-electron chi connectivity index (χ1n) is 6.18. The Bertz CT molecular complexity index is 483. The van der Waals surface area contributed by atoms with Crippen LogP contribution in [-0.2, 0) is 0 Å². The van der Waals surface area contributed by atoms with Crippen molar-refractivity contribution in [1.82, 2.24) is 5.32 Å². The van der Waals surface area contributed by atoms with Gasteiger partial charge in [0.05, 0.1) is 0 Å². The number of nitrogens with one attached hydrogen (secondary N) is 1.